The van der Waals surface area contributed by atoms with Gasteiger partial charge in [0.2, 0.25) is 0 Å². The molecule has 1 saturated heterocycles. The number of aliphatic hydroxyl groups excluding tert-OH is 2. The van der Waals surface area contributed by atoms with Crippen molar-refractivity contribution >= 4 is 0 Å². The molecule has 3 heteroatoms. The zero-order valence-corrected chi connectivity index (χ0v) is 9.49. The topological polar surface area (TPSA) is 43.7 Å². The van der Waals surface area contributed by atoms with E-state index in [9.17, 15) is 10.2 Å². The van der Waals surface area contributed by atoms with Crippen LogP contribution < -0.4 is 0 Å². The molecule has 0 aromatic heterocycles. The van der Waals surface area contributed by atoms with E-state index in [4.69, 9.17) is 0 Å². The Kier molecular flexibility index (Phi) is 3.70. The zero-order valence-electron chi connectivity index (χ0n) is 9.49. The van der Waals surface area contributed by atoms with E-state index in [0.717, 1.165) is 17.7 Å². The van der Waals surface area contributed by atoms with Crippen molar-refractivity contribution < 1.29 is 10.2 Å². The van der Waals surface area contributed by atoms with Gasteiger partial charge < -0.3 is 10.2 Å². The first-order valence-electron chi connectivity index (χ1n) is 5.20. The quantitative estimate of drug-likeness (QED) is 0.613. The minimum atomic E-state index is -0.671. The number of piperidine rings is 1. The second-order valence-corrected chi connectivity index (χ2v) is 4.56. The van der Waals surface area contributed by atoms with Crippen molar-refractivity contribution in [1.29, 1.82) is 0 Å². The van der Waals surface area contributed by atoms with Crippen LogP contribution in [0.1, 0.15) is 27.7 Å². The fourth-order valence-electron chi connectivity index (χ4n) is 1.80. The SMILES string of the molecule is CC(C)=C1CN(C(C)C)CC(O)C1O. The Balaban J connectivity index is 2.83. The summed E-state index contributed by atoms with van der Waals surface area (Å²) >= 11 is 0. The van der Waals surface area contributed by atoms with E-state index >= 15 is 0 Å². The number of nitrogens with zero attached hydrogens (tertiary/aromatic N) is 1. The van der Waals surface area contributed by atoms with Crippen molar-refractivity contribution in [3.05, 3.63) is 11.1 Å². The molecule has 82 valence electrons. The third kappa shape index (κ3) is 2.35. The van der Waals surface area contributed by atoms with Crippen LogP contribution in [0.25, 0.3) is 0 Å². The largest absolute Gasteiger partial charge is 0.389 e. The molecule has 0 bridgehead atoms. The highest BCUT2D eigenvalue weighted by atomic mass is 16.3. The number of β-amino-alcohol motifs (C(OH)–C–C–N with tert-alkyl or cyclic N) is 1. The molecule has 0 aromatic carbocycles. The van der Waals surface area contributed by atoms with Crippen molar-refractivity contribution in [2.45, 2.75) is 45.9 Å². The maximum Gasteiger partial charge on any atom is 0.104 e. The minimum Gasteiger partial charge on any atom is -0.389 e. The Labute approximate surface area is 86.0 Å². The van der Waals surface area contributed by atoms with Crippen LogP contribution in [0.5, 0.6) is 0 Å². The molecule has 2 atom stereocenters. The fourth-order valence-corrected chi connectivity index (χ4v) is 1.80. The lowest BCUT2D eigenvalue weighted by Crippen LogP contribution is -2.50. The van der Waals surface area contributed by atoms with E-state index < -0.39 is 12.2 Å². The standard InChI is InChI=1S/C11H21NO2/c1-7(2)9-5-12(8(3)4)6-10(13)11(9)14/h8,10-11,13-14H,5-6H2,1-4H3. The summed E-state index contributed by atoms with van der Waals surface area (Å²) in [7, 11) is 0. The molecule has 0 spiro atoms. The molecule has 0 amide bonds. The average molecular weight is 199 g/mol. The molecule has 2 N–H and O–H groups in total. The molecule has 1 aliphatic heterocycles. The fraction of sp³-hybridized carbons (Fsp3) is 0.818. The number of hydrogen-bond donors (Lipinski definition) is 2. The highest BCUT2D eigenvalue weighted by Crippen LogP contribution is 2.21. The molecule has 0 aliphatic carbocycles. The van der Waals surface area contributed by atoms with Crippen LogP contribution in [0.3, 0.4) is 0 Å². The Morgan fingerprint density at radius 3 is 2.36 bits per heavy atom. The van der Waals surface area contributed by atoms with Crippen LogP contribution in [0.15, 0.2) is 11.1 Å². The first-order chi connectivity index (χ1) is 6.43. The van der Waals surface area contributed by atoms with E-state index in [2.05, 4.69) is 18.7 Å². The lowest BCUT2D eigenvalue weighted by atomic mass is 9.94. The van der Waals surface area contributed by atoms with Crippen molar-refractivity contribution in [2.24, 2.45) is 0 Å². The third-order valence-electron chi connectivity index (χ3n) is 2.89. The van der Waals surface area contributed by atoms with Crippen molar-refractivity contribution in [1.82, 2.24) is 4.90 Å². The van der Waals surface area contributed by atoms with Crippen molar-refractivity contribution in [3.8, 4) is 0 Å². The van der Waals surface area contributed by atoms with Gasteiger partial charge in [0.1, 0.15) is 6.10 Å². The lowest BCUT2D eigenvalue weighted by Gasteiger charge is -2.38. The lowest BCUT2D eigenvalue weighted by molar-refractivity contribution is -0.0149. The van der Waals surface area contributed by atoms with Gasteiger partial charge in [-0.2, -0.15) is 0 Å². The molecule has 0 radical (unpaired) electrons. The molecule has 2 unspecified atom stereocenters. The third-order valence-corrected chi connectivity index (χ3v) is 2.89. The van der Waals surface area contributed by atoms with Gasteiger partial charge in [-0.15, -0.1) is 0 Å². The monoisotopic (exact) mass is 199 g/mol. The van der Waals surface area contributed by atoms with Crippen molar-refractivity contribution in [2.75, 3.05) is 13.1 Å². The van der Waals surface area contributed by atoms with Crippen LogP contribution >= 0.6 is 0 Å². The predicted molar refractivity (Wildman–Crippen MR) is 57.1 cm³/mol. The molecule has 1 fully saturated rings. The Hall–Kier alpha value is -0.380. The van der Waals surface area contributed by atoms with E-state index in [1.165, 1.54) is 0 Å². The van der Waals surface area contributed by atoms with Gasteiger partial charge in [0, 0.05) is 19.1 Å². The van der Waals surface area contributed by atoms with Crippen LogP contribution in [0.2, 0.25) is 0 Å². The average Bonchev–Trinajstić information content (AvgIpc) is 2.08. The van der Waals surface area contributed by atoms with Gasteiger partial charge in [-0.05, 0) is 33.3 Å². The summed E-state index contributed by atoms with van der Waals surface area (Å²) in [5, 5.41) is 19.5. The second-order valence-electron chi connectivity index (χ2n) is 4.56. The van der Waals surface area contributed by atoms with Gasteiger partial charge in [-0.1, -0.05) is 5.57 Å². The molecule has 14 heavy (non-hydrogen) atoms. The summed E-state index contributed by atoms with van der Waals surface area (Å²) in [6.07, 6.45) is -1.31. The number of allylic oxidation sites excluding steroid dienone is 1. The van der Waals surface area contributed by atoms with Gasteiger partial charge in [-0.3, -0.25) is 4.90 Å². The molecular weight excluding hydrogens is 178 g/mol. The summed E-state index contributed by atoms with van der Waals surface area (Å²) in [6, 6.07) is 0.409. The molecule has 1 rings (SSSR count). The Morgan fingerprint density at radius 2 is 1.93 bits per heavy atom. The summed E-state index contributed by atoms with van der Waals surface area (Å²) in [5.74, 6) is 0. The van der Waals surface area contributed by atoms with Gasteiger partial charge in [0.25, 0.3) is 0 Å². The number of rotatable bonds is 1. The predicted octanol–water partition coefficient (Wildman–Crippen LogP) is 0.769. The van der Waals surface area contributed by atoms with Crippen LogP contribution in [-0.4, -0.2) is 46.5 Å². The van der Waals surface area contributed by atoms with Gasteiger partial charge >= 0.3 is 0 Å². The van der Waals surface area contributed by atoms with Crippen LogP contribution in [0.4, 0.5) is 0 Å². The zero-order chi connectivity index (χ0) is 10.9. The van der Waals surface area contributed by atoms with Gasteiger partial charge in [0.05, 0.1) is 6.10 Å². The highest BCUT2D eigenvalue weighted by Gasteiger charge is 2.31. The Morgan fingerprint density at radius 1 is 1.36 bits per heavy atom. The molecule has 3 nitrogen and oxygen atoms in total. The first kappa shape index (κ1) is 11.7. The normalized spacial score (nSPS) is 29.8. The van der Waals surface area contributed by atoms with E-state index in [1.54, 1.807) is 0 Å². The summed E-state index contributed by atoms with van der Waals surface area (Å²) in [6.45, 7) is 9.51. The number of aliphatic hydroxyl groups is 2. The summed E-state index contributed by atoms with van der Waals surface area (Å²) < 4.78 is 0. The van der Waals surface area contributed by atoms with Crippen LogP contribution in [-0.2, 0) is 0 Å². The smallest absolute Gasteiger partial charge is 0.104 e. The van der Waals surface area contributed by atoms with Gasteiger partial charge in [-0.25, -0.2) is 0 Å². The van der Waals surface area contributed by atoms with Gasteiger partial charge in [0.15, 0.2) is 0 Å². The molecule has 0 aromatic rings. The molecule has 1 heterocycles. The summed E-state index contributed by atoms with van der Waals surface area (Å²) in [5.41, 5.74) is 2.08. The first-order valence-corrected chi connectivity index (χ1v) is 5.20. The molecule has 1 aliphatic rings. The van der Waals surface area contributed by atoms with E-state index in [0.29, 0.717) is 12.6 Å². The number of hydrogen-bond acceptors (Lipinski definition) is 3. The maximum absolute atomic E-state index is 9.77. The highest BCUT2D eigenvalue weighted by molar-refractivity contribution is 5.21. The minimum absolute atomic E-state index is 0.409. The van der Waals surface area contributed by atoms with E-state index in [1.807, 2.05) is 13.8 Å². The van der Waals surface area contributed by atoms with Crippen molar-refractivity contribution in [3.63, 3.8) is 0 Å². The number of likely N-dealkylation sites (tertiary alicyclic amines) is 1. The van der Waals surface area contributed by atoms with E-state index in [-0.39, 0.29) is 0 Å². The Bertz CT molecular complexity index is 231. The molecular formula is C11H21NO2. The summed E-state index contributed by atoms with van der Waals surface area (Å²) in [4.78, 5) is 2.18. The maximum atomic E-state index is 9.77. The second kappa shape index (κ2) is 4.43. The molecule has 0 saturated carbocycles. The van der Waals surface area contributed by atoms with Crippen LogP contribution in [0, 0.1) is 0 Å².